The molecule has 0 saturated heterocycles. The fourth-order valence-electron chi connectivity index (χ4n) is 2.41. The Labute approximate surface area is 121 Å². The zero-order chi connectivity index (χ0) is 15.0. The lowest BCUT2D eigenvalue weighted by Crippen LogP contribution is -2.22. The van der Waals surface area contributed by atoms with Gasteiger partial charge in [-0.25, -0.2) is 4.39 Å². The molecule has 0 atom stereocenters. The molecule has 0 fully saturated rings. The highest BCUT2D eigenvalue weighted by atomic mass is 19.1. The van der Waals surface area contributed by atoms with Gasteiger partial charge in [0.15, 0.2) is 0 Å². The molecule has 1 N–H and O–H groups in total. The summed E-state index contributed by atoms with van der Waals surface area (Å²) in [5, 5.41) is 2.30. The van der Waals surface area contributed by atoms with E-state index in [2.05, 4.69) is 5.32 Å². The van der Waals surface area contributed by atoms with Crippen LogP contribution in [0.25, 0.3) is 11.1 Å². The van der Waals surface area contributed by atoms with Gasteiger partial charge in [-0.1, -0.05) is 36.4 Å². The van der Waals surface area contributed by atoms with Crippen molar-refractivity contribution in [3.05, 3.63) is 71.0 Å². The Kier molecular flexibility index (Phi) is 3.14. The van der Waals surface area contributed by atoms with Crippen LogP contribution in [-0.2, 0) is 9.59 Å². The Hall–Kier alpha value is -2.75. The predicted octanol–water partition coefficient (Wildman–Crippen LogP) is 2.70. The van der Waals surface area contributed by atoms with E-state index in [4.69, 9.17) is 0 Å². The number of nitrogens with one attached hydrogen (secondary N) is 1. The summed E-state index contributed by atoms with van der Waals surface area (Å²) in [4.78, 5) is 24.1. The number of benzene rings is 2. The van der Waals surface area contributed by atoms with E-state index in [-0.39, 0.29) is 11.4 Å². The second kappa shape index (κ2) is 4.98. The van der Waals surface area contributed by atoms with Gasteiger partial charge in [0.25, 0.3) is 11.8 Å². The van der Waals surface area contributed by atoms with Gasteiger partial charge in [0.1, 0.15) is 5.82 Å². The van der Waals surface area contributed by atoms with Crippen LogP contribution < -0.4 is 5.32 Å². The first-order chi connectivity index (χ1) is 10.1. The first-order valence-corrected chi connectivity index (χ1v) is 6.50. The highest BCUT2D eigenvalue weighted by molar-refractivity contribution is 6.49. The Bertz CT molecular complexity index is 779. The maximum absolute atomic E-state index is 13.4. The van der Waals surface area contributed by atoms with Gasteiger partial charge in [-0.15, -0.1) is 0 Å². The number of aryl methyl sites for hydroxylation is 1. The molecule has 2 aromatic carbocycles. The summed E-state index contributed by atoms with van der Waals surface area (Å²) in [5.41, 5.74) is 2.24. The topological polar surface area (TPSA) is 46.2 Å². The number of halogens is 1. The number of imide groups is 1. The molecule has 104 valence electrons. The lowest BCUT2D eigenvalue weighted by Gasteiger charge is -2.06. The lowest BCUT2D eigenvalue weighted by molar-refractivity contribution is -0.122. The summed E-state index contributed by atoms with van der Waals surface area (Å²) in [6.45, 7) is 1.62. The number of hydrogen-bond donors (Lipinski definition) is 1. The molecule has 0 saturated carbocycles. The normalized spacial score (nSPS) is 14.6. The molecule has 0 aliphatic carbocycles. The standard InChI is InChI=1S/C17H12FNO2/c1-10-9-12(7-8-13(10)18)15-14(16(20)19-17(15)21)11-5-3-2-4-6-11/h2-9H,1H3,(H,19,20,21). The van der Waals surface area contributed by atoms with E-state index < -0.39 is 11.8 Å². The van der Waals surface area contributed by atoms with Crippen molar-refractivity contribution < 1.29 is 14.0 Å². The highest BCUT2D eigenvalue weighted by Crippen LogP contribution is 2.31. The molecule has 3 rings (SSSR count). The van der Waals surface area contributed by atoms with Crippen molar-refractivity contribution in [2.45, 2.75) is 6.92 Å². The lowest BCUT2D eigenvalue weighted by atomic mass is 9.95. The molecule has 2 amide bonds. The van der Waals surface area contributed by atoms with Crippen molar-refractivity contribution in [1.29, 1.82) is 0 Å². The van der Waals surface area contributed by atoms with E-state index in [9.17, 15) is 14.0 Å². The molecule has 2 aromatic rings. The Morgan fingerprint density at radius 2 is 1.48 bits per heavy atom. The van der Waals surface area contributed by atoms with Gasteiger partial charge < -0.3 is 0 Å². The van der Waals surface area contributed by atoms with Crippen LogP contribution in [0.1, 0.15) is 16.7 Å². The van der Waals surface area contributed by atoms with Crippen LogP contribution in [0.4, 0.5) is 4.39 Å². The molecule has 0 bridgehead atoms. The molecule has 1 heterocycles. The van der Waals surface area contributed by atoms with Gasteiger partial charge in [0.2, 0.25) is 0 Å². The van der Waals surface area contributed by atoms with E-state index in [0.717, 1.165) is 0 Å². The molecular weight excluding hydrogens is 269 g/mol. The van der Waals surface area contributed by atoms with E-state index in [1.165, 1.54) is 12.1 Å². The SMILES string of the molecule is Cc1cc(C2=C(c3ccccc3)C(=O)NC2=O)ccc1F. The Balaban J connectivity index is 2.24. The zero-order valence-electron chi connectivity index (χ0n) is 11.3. The molecule has 0 aromatic heterocycles. The Morgan fingerprint density at radius 3 is 2.10 bits per heavy atom. The maximum Gasteiger partial charge on any atom is 0.259 e. The number of carbonyl (C=O) groups is 2. The van der Waals surface area contributed by atoms with E-state index in [1.807, 2.05) is 6.07 Å². The fourth-order valence-corrected chi connectivity index (χ4v) is 2.41. The van der Waals surface area contributed by atoms with Gasteiger partial charge in [-0.2, -0.15) is 0 Å². The third kappa shape index (κ3) is 2.25. The van der Waals surface area contributed by atoms with Crippen molar-refractivity contribution in [2.75, 3.05) is 0 Å². The largest absolute Gasteiger partial charge is 0.288 e. The van der Waals surface area contributed by atoms with Crippen molar-refractivity contribution in [1.82, 2.24) is 5.32 Å². The molecule has 0 spiro atoms. The number of rotatable bonds is 2. The second-order valence-corrected chi connectivity index (χ2v) is 4.86. The van der Waals surface area contributed by atoms with Crippen LogP contribution in [0.2, 0.25) is 0 Å². The number of amides is 2. The number of hydrogen-bond acceptors (Lipinski definition) is 2. The zero-order valence-corrected chi connectivity index (χ0v) is 11.3. The maximum atomic E-state index is 13.4. The predicted molar refractivity (Wildman–Crippen MR) is 77.5 cm³/mol. The summed E-state index contributed by atoms with van der Waals surface area (Å²) in [5.74, 6) is -1.22. The van der Waals surface area contributed by atoms with Gasteiger partial charge >= 0.3 is 0 Å². The summed E-state index contributed by atoms with van der Waals surface area (Å²) in [7, 11) is 0. The average molecular weight is 281 g/mol. The van der Waals surface area contributed by atoms with Crippen LogP contribution in [0, 0.1) is 12.7 Å². The van der Waals surface area contributed by atoms with Crippen LogP contribution in [0.5, 0.6) is 0 Å². The molecule has 1 aliphatic heterocycles. The van der Waals surface area contributed by atoms with Gasteiger partial charge in [0, 0.05) is 0 Å². The van der Waals surface area contributed by atoms with Gasteiger partial charge in [0.05, 0.1) is 11.1 Å². The fraction of sp³-hybridized carbons (Fsp3) is 0.0588. The monoisotopic (exact) mass is 281 g/mol. The minimum Gasteiger partial charge on any atom is -0.288 e. The van der Waals surface area contributed by atoms with Crippen molar-refractivity contribution in [2.24, 2.45) is 0 Å². The molecular formula is C17H12FNO2. The quantitative estimate of drug-likeness (QED) is 0.860. The molecule has 21 heavy (non-hydrogen) atoms. The highest BCUT2D eigenvalue weighted by Gasteiger charge is 2.32. The van der Waals surface area contributed by atoms with E-state index in [1.54, 1.807) is 37.3 Å². The smallest absolute Gasteiger partial charge is 0.259 e. The van der Waals surface area contributed by atoms with E-state index >= 15 is 0 Å². The molecule has 0 unspecified atom stereocenters. The van der Waals surface area contributed by atoms with Crippen LogP contribution in [0.3, 0.4) is 0 Å². The van der Waals surface area contributed by atoms with Crippen molar-refractivity contribution in [3.63, 3.8) is 0 Å². The summed E-state index contributed by atoms with van der Waals surface area (Å²) < 4.78 is 13.4. The first kappa shape index (κ1) is 13.2. The minimum absolute atomic E-state index is 0.286. The van der Waals surface area contributed by atoms with Gasteiger partial charge in [-0.3, -0.25) is 14.9 Å². The summed E-state index contributed by atoms with van der Waals surface area (Å²) >= 11 is 0. The molecule has 4 heteroatoms. The van der Waals surface area contributed by atoms with Gasteiger partial charge in [-0.05, 0) is 35.7 Å². The minimum atomic E-state index is -0.454. The average Bonchev–Trinajstić information content (AvgIpc) is 2.77. The van der Waals surface area contributed by atoms with Crippen molar-refractivity contribution in [3.8, 4) is 0 Å². The summed E-state index contributed by atoms with van der Waals surface area (Å²) in [6.07, 6.45) is 0. The third-order valence-corrected chi connectivity index (χ3v) is 3.44. The first-order valence-electron chi connectivity index (χ1n) is 6.50. The van der Waals surface area contributed by atoms with E-state index in [0.29, 0.717) is 22.3 Å². The van der Waals surface area contributed by atoms with Crippen LogP contribution in [-0.4, -0.2) is 11.8 Å². The van der Waals surface area contributed by atoms with Crippen LogP contribution in [0.15, 0.2) is 48.5 Å². The third-order valence-electron chi connectivity index (χ3n) is 3.44. The Morgan fingerprint density at radius 1 is 0.857 bits per heavy atom. The van der Waals surface area contributed by atoms with Crippen LogP contribution >= 0.6 is 0 Å². The second-order valence-electron chi connectivity index (χ2n) is 4.86. The molecule has 1 aliphatic rings. The van der Waals surface area contributed by atoms with Crippen molar-refractivity contribution >= 4 is 23.0 Å². The number of carbonyl (C=O) groups excluding carboxylic acids is 2. The molecule has 0 radical (unpaired) electrons. The molecule has 3 nitrogen and oxygen atoms in total. The summed E-state index contributed by atoms with van der Waals surface area (Å²) in [6, 6.07) is 13.4.